The summed E-state index contributed by atoms with van der Waals surface area (Å²) in [4.78, 5) is 23.4. The highest BCUT2D eigenvalue weighted by molar-refractivity contribution is 5.88. The Morgan fingerprint density at radius 2 is 1.86 bits per heavy atom. The smallest absolute Gasteiger partial charge is 0.249 e. The lowest BCUT2D eigenvalue weighted by Gasteiger charge is -2.19. The first-order chi connectivity index (χ1) is 10.3. The number of hydrogen-bond donors (Lipinski definition) is 3. The first kappa shape index (κ1) is 18.0. The maximum atomic E-state index is 11.9. The fourth-order valence-electron chi connectivity index (χ4n) is 2.04. The predicted molar refractivity (Wildman–Crippen MR) is 83.3 cm³/mol. The SMILES string of the molecule is COc1ccc(C[C@H](NC(=O)[C@H](O)CC(C)C)C(N)=O)cc1. The third-order valence-electron chi connectivity index (χ3n) is 3.26. The van der Waals surface area contributed by atoms with E-state index in [4.69, 9.17) is 10.5 Å². The van der Waals surface area contributed by atoms with Gasteiger partial charge >= 0.3 is 0 Å². The first-order valence-electron chi connectivity index (χ1n) is 7.24. The Morgan fingerprint density at radius 1 is 1.27 bits per heavy atom. The number of rotatable bonds is 8. The van der Waals surface area contributed by atoms with Gasteiger partial charge in [0, 0.05) is 6.42 Å². The third-order valence-corrected chi connectivity index (χ3v) is 3.26. The van der Waals surface area contributed by atoms with E-state index >= 15 is 0 Å². The van der Waals surface area contributed by atoms with Crippen LogP contribution in [0.15, 0.2) is 24.3 Å². The van der Waals surface area contributed by atoms with Gasteiger partial charge in [-0.1, -0.05) is 26.0 Å². The summed E-state index contributed by atoms with van der Waals surface area (Å²) in [6, 6.07) is 6.27. The van der Waals surface area contributed by atoms with Crippen LogP contribution >= 0.6 is 0 Å². The number of nitrogens with two attached hydrogens (primary N) is 1. The zero-order chi connectivity index (χ0) is 16.7. The molecule has 6 nitrogen and oxygen atoms in total. The van der Waals surface area contributed by atoms with Crippen molar-refractivity contribution in [1.82, 2.24) is 5.32 Å². The molecule has 0 aliphatic heterocycles. The van der Waals surface area contributed by atoms with Crippen LogP contribution in [0.4, 0.5) is 0 Å². The summed E-state index contributed by atoms with van der Waals surface area (Å²) >= 11 is 0. The molecule has 22 heavy (non-hydrogen) atoms. The molecular formula is C16H24N2O4. The minimum Gasteiger partial charge on any atom is -0.497 e. The fraction of sp³-hybridized carbons (Fsp3) is 0.500. The van der Waals surface area contributed by atoms with E-state index in [0.717, 1.165) is 5.56 Å². The molecule has 0 aliphatic rings. The molecule has 0 spiro atoms. The van der Waals surface area contributed by atoms with Gasteiger partial charge in [0.1, 0.15) is 17.9 Å². The molecule has 122 valence electrons. The molecule has 0 radical (unpaired) electrons. The lowest BCUT2D eigenvalue weighted by molar-refractivity contribution is -0.133. The molecule has 6 heteroatoms. The van der Waals surface area contributed by atoms with Gasteiger partial charge in [-0.3, -0.25) is 9.59 Å². The van der Waals surface area contributed by atoms with Gasteiger partial charge in [-0.25, -0.2) is 0 Å². The highest BCUT2D eigenvalue weighted by Gasteiger charge is 2.23. The summed E-state index contributed by atoms with van der Waals surface area (Å²) in [6.45, 7) is 3.80. The van der Waals surface area contributed by atoms with E-state index in [1.165, 1.54) is 0 Å². The molecule has 0 saturated heterocycles. The van der Waals surface area contributed by atoms with Gasteiger partial charge in [0.2, 0.25) is 11.8 Å². The number of amides is 2. The molecule has 1 rings (SSSR count). The number of ether oxygens (including phenoxy) is 1. The highest BCUT2D eigenvalue weighted by atomic mass is 16.5. The average Bonchev–Trinajstić information content (AvgIpc) is 2.46. The molecule has 0 heterocycles. The monoisotopic (exact) mass is 308 g/mol. The summed E-state index contributed by atoms with van der Waals surface area (Å²) in [5.74, 6) is -0.336. The lowest BCUT2D eigenvalue weighted by Crippen LogP contribution is -2.49. The molecule has 1 aromatic rings. The molecule has 0 aromatic heterocycles. The first-order valence-corrected chi connectivity index (χ1v) is 7.24. The van der Waals surface area contributed by atoms with Gasteiger partial charge in [-0.15, -0.1) is 0 Å². The van der Waals surface area contributed by atoms with E-state index in [1.807, 2.05) is 13.8 Å². The summed E-state index contributed by atoms with van der Waals surface area (Å²) in [7, 11) is 1.57. The van der Waals surface area contributed by atoms with E-state index in [1.54, 1.807) is 31.4 Å². The van der Waals surface area contributed by atoms with Crippen LogP contribution in [-0.4, -0.2) is 36.2 Å². The lowest BCUT2D eigenvalue weighted by atomic mass is 10.0. The van der Waals surface area contributed by atoms with Gasteiger partial charge in [0.15, 0.2) is 0 Å². The molecule has 1 aromatic carbocycles. The number of hydrogen-bond acceptors (Lipinski definition) is 4. The molecule has 2 amide bonds. The Hall–Kier alpha value is -2.08. The number of benzene rings is 1. The summed E-state index contributed by atoms with van der Waals surface area (Å²) in [6.07, 6.45) is -0.544. The Bertz CT molecular complexity index is 499. The summed E-state index contributed by atoms with van der Waals surface area (Å²) in [5.41, 5.74) is 6.17. The van der Waals surface area contributed by atoms with E-state index < -0.39 is 24.0 Å². The standard InChI is InChI=1S/C16H24N2O4/c1-10(2)8-14(19)16(21)18-13(15(17)20)9-11-4-6-12(22-3)7-5-11/h4-7,10,13-14,19H,8-9H2,1-3H3,(H2,17,20)(H,18,21)/t13-,14+/m0/s1. The number of carbonyl (C=O) groups is 2. The molecule has 0 bridgehead atoms. The minimum absolute atomic E-state index is 0.175. The molecule has 4 N–H and O–H groups in total. The quantitative estimate of drug-likeness (QED) is 0.655. The van der Waals surface area contributed by atoms with Crippen molar-refractivity contribution in [3.8, 4) is 5.75 Å². The van der Waals surface area contributed by atoms with Gasteiger partial charge in [0.25, 0.3) is 0 Å². The summed E-state index contributed by atoms with van der Waals surface area (Å²) in [5, 5.41) is 12.3. The number of aliphatic hydroxyl groups excluding tert-OH is 1. The van der Waals surface area contributed by atoms with Crippen LogP contribution in [0, 0.1) is 5.92 Å². The second-order valence-electron chi connectivity index (χ2n) is 5.66. The van der Waals surface area contributed by atoms with Crippen molar-refractivity contribution in [1.29, 1.82) is 0 Å². The van der Waals surface area contributed by atoms with E-state index in [-0.39, 0.29) is 12.3 Å². The number of methoxy groups -OCH3 is 1. The molecular weight excluding hydrogens is 284 g/mol. The number of nitrogens with one attached hydrogen (secondary N) is 1. The van der Waals surface area contributed by atoms with Gasteiger partial charge in [-0.2, -0.15) is 0 Å². The molecule has 0 saturated carbocycles. The van der Waals surface area contributed by atoms with Gasteiger partial charge in [-0.05, 0) is 30.0 Å². The molecule has 0 aliphatic carbocycles. The van der Waals surface area contributed by atoms with Gasteiger partial charge in [0.05, 0.1) is 7.11 Å². The van der Waals surface area contributed by atoms with Crippen molar-refractivity contribution < 1.29 is 19.4 Å². The normalized spacial score (nSPS) is 13.5. The number of carbonyl (C=O) groups excluding carboxylic acids is 2. The molecule has 2 atom stereocenters. The number of aliphatic hydroxyl groups is 1. The largest absolute Gasteiger partial charge is 0.497 e. The molecule has 0 unspecified atom stereocenters. The Morgan fingerprint density at radius 3 is 2.32 bits per heavy atom. The van der Waals surface area contributed by atoms with Crippen LogP contribution in [-0.2, 0) is 16.0 Å². The Labute approximate surface area is 130 Å². The molecule has 0 fully saturated rings. The van der Waals surface area contributed by atoms with E-state index in [0.29, 0.717) is 12.2 Å². The van der Waals surface area contributed by atoms with Crippen molar-refractivity contribution in [2.45, 2.75) is 38.8 Å². The van der Waals surface area contributed by atoms with Crippen LogP contribution in [0.1, 0.15) is 25.8 Å². The van der Waals surface area contributed by atoms with Crippen LogP contribution in [0.5, 0.6) is 5.75 Å². The predicted octanol–water partition coefficient (Wildman–Crippen LogP) is 0.615. The van der Waals surface area contributed by atoms with Gasteiger partial charge < -0.3 is 20.9 Å². The third kappa shape index (κ3) is 5.73. The summed E-state index contributed by atoms with van der Waals surface area (Å²) < 4.78 is 5.06. The van der Waals surface area contributed by atoms with E-state index in [9.17, 15) is 14.7 Å². The van der Waals surface area contributed by atoms with Crippen LogP contribution in [0.3, 0.4) is 0 Å². The topological polar surface area (TPSA) is 102 Å². The van der Waals surface area contributed by atoms with Crippen LogP contribution < -0.4 is 15.8 Å². The Kier molecular flexibility index (Phi) is 6.85. The van der Waals surface area contributed by atoms with Crippen molar-refractivity contribution in [3.05, 3.63) is 29.8 Å². The van der Waals surface area contributed by atoms with Crippen molar-refractivity contribution in [2.24, 2.45) is 11.7 Å². The zero-order valence-electron chi connectivity index (χ0n) is 13.2. The van der Waals surface area contributed by atoms with Crippen molar-refractivity contribution in [2.75, 3.05) is 7.11 Å². The maximum absolute atomic E-state index is 11.9. The van der Waals surface area contributed by atoms with Crippen LogP contribution in [0.2, 0.25) is 0 Å². The maximum Gasteiger partial charge on any atom is 0.249 e. The number of primary amides is 1. The van der Waals surface area contributed by atoms with Crippen molar-refractivity contribution in [3.63, 3.8) is 0 Å². The fourth-order valence-corrected chi connectivity index (χ4v) is 2.04. The highest BCUT2D eigenvalue weighted by Crippen LogP contribution is 2.13. The van der Waals surface area contributed by atoms with E-state index in [2.05, 4.69) is 5.32 Å². The second kappa shape index (κ2) is 8.38. The minimum atomic E-state index is -1.14. The zero-order valence-corrected chi connectivity index (χ0v) is 13.2. The van der Waals surface area contributed by atoms with Crippen LogP contribution in [0.25, 0.3) is 0 Å². The second-order valence-corrected chi connectivity index (χ2v) is 5.66. The van der Waals surface area contributed by atoms with Crippen molar-refractivity contribution >= 4 is 11.8 Å². The average molecular weight is 308 g/mol. The Balaban J connectivity index is 2.68.